The average Bonchev–Trinajstić information content (AvgIpc) is 2.58. The molecule has 1 heterocycles. The summed E-state index contributed by atoms with van der Waals surface area (Å²) in [6.07, 6.45) is 4.13. The molecule has 0 atom stereocenters. The molecule has 0 aromatic carbocycles. The van der Waals surface area contributed by atoms with Crippen LogP contribution < -0.4 is 10.4 Å². The zero-order chi connectivity index (χ0) is 6.27. The predicted octanol–water partition coefficient (Wildman–Crippen LogP) is -0.121. The van der Waals surface area contributed by atoms with Crippen LogP contribution in [-0.4, -0.2) is 5.27 Å². The van der Waals surface area contributed by atoms with Gasteiger partial charge in [-0.2, -0.15) is 0 Å². The monoisotopic (exact) mass is 126 g/mol. The number of nitrogens with zero attached hydrogens (tertiary/aromatic N) is 2. The summed E-state index contributed by atoms with van der Waals surface area (Å²) < 4.78 is 6.43. The van der Waals surface area contributed by atoms with Crippen LogP contribution in [0.25, 0.3) is 0 Å². The molecular formula is C5H8N3O+. The fourth-order valence-corrected chi connectivity index (χ4v) is 0.783. The molecule has 48 valence electrons. The lowest BCUT2D eigenvalue weighted by atomic mass is 10.7. The molecule has 2 N–H and O–H groups in total. The second kappa shape index (κ2) is 1.46. The van der Waals surface area contributed by atoms with Crippen LogP contribution in [0, 0.1) is 0 Å². The van der Waals surface area contributed by atoms with Crippen molar-refractivity contribution < 1.29 is 9.20 Å². The summed E-state index contributed by atoms with van der Waals surface area (Å²) in [5.41, 5.74) is 5.29. The summed E-state index contributed by atoms with van der Waals surface area (Å²) in [6.45, 7) is 0. The number of anilines is 1. The Labute approximate surface area is 52.2 Å². The van der Waals surface area contributed by atoms with Crippen LogP contribution in [0.4, 0.5) is 5.88 Å². The van der Waals surface area contributed by atoms with Gasteiger partial charge in [0, 0.05) is 12.8 Å². The van der Waals surface area contributed by atoms with Gasteiger partial charge in [-0.15, -0.1) is 0 Å². The minimum Gasteiger partial charge on any atom is -0.362 e. The summed E-state index contributed by atoms with van der Waals surface area (Å²) >= 11 is 0. The van der Waals surface area contributed by atoms with Gasteiger partial charge in [-0.05, 0) is 4.68 Å². The highest BCUT2D eigenvalue weighted by Crippen LogP contribution is 2.28. The second-order valence-electron chi connectivity index (χ2n) is 2.32. The van der Waals surface area contributed by atoms with E-state index in [2.05, 4.69) is 9.79 Å². The van der Waals surface area contributed by atoms with Crippen LogP contribution >= 0.6 is 0 Å². The van der Waals surface area contributed by atoms with E-state index in [-0.39, 0.29) is 0 Å². The van der Waals surface area contributed by atoms with Gasteiger partial charge in [0.2, 0.25) is 5.27 Å². The van der Waals surface area contributed by atoms with E-state index in [1.165, 1.54) is 12.8 Å². The molecular weight excluding hydrogens is 118 g/mol. The second-order valence-corrected chi connectivity index (χ2v) is 2.32. The quantitative estimate of drug-likeness (QED) is 0.534. The Morgan fingerprint density at radius 2 is 2.56 bits per heavy atom. The summed E-state index contributed by atoms with van der Waals surface area (Å²) in [5, 5.41) is 3.69. The first kappa shape index (κ1) is 4.78. The van der Waals surface area contributed by atoms with Gasteiger partial charge in [0.05, 0.1) is 0 Å². The molecule has 1 saturated carbocycles. The van der Waals surface area contributed by atoms with E-state index in [1.54, 1.807) is 10.9 Å². The number of nitrogens with two attached hydrogens (primary N) is 1. The van der Waals surface area contributed by atoms with Crippen molar-refractivity contribution in [3.05, 3.63) is 6.20 Å². The van der Waals surface area contributed by atoms with Crippen LogP contribution in [0.5, 0.6) is 0 Å². The third-order valence-corrected chi connectivity index (χ3v) is 1.42. The summed E-state index contributed by atoms with van der Waals surface area (Å²) in [5.74, 6) is 0.391. The van der Waals surface area contributed by atoms with Crippen molar-refractivity contribution >= 4 is 5.88 Å². The van der Waals surface area contributed by atoms with Crippen molar-refractivity contribution in [2.24, 2.45) is 0 Å². The van der Waals surface area contributed by atoms with Crippen molar-refractivity contribution in [1.82, 2.24) is 5.27 Å². The first-order valence-corrected chi connectivity index (χ1v) is 3.00. The predicted molar refractivity (Wildman–Crippen MR) is 29.4 cm³/mol. The highest BCUT2D eigenvalue weighted by atomic mass is 16.5. The SMILES string of the molecule is Nc1c[n+](C2CC2)no1. The zero-order valence-electron chi connectivity index (χ0n) is 4.95. The van der Waals surface area contributed by atoms with Crippen molar-refractivity contribution in [2.45, 2.75) is 18.9 Å². The Bertz CT molecular complexity index is 216. The number of hydrogen-bond acceptors (Lipinski definition) is 3. The smallest absolute Gasteiger partial charge is 0.293 e. The lowest BCUT2D eigenvalue weighted by molar-refractivity contribution is -0.765. The summed E-state index contributed by atoms with van der Waals surface area (Å²) in [7, 11) is 0. The molecule has 1 aliphatic rings. The van der Waals surface area contributed by atoms with E-state index in [0.29, 0.717) is 11.9 Å². The van der Waals surface area contributed by atoms with Gasteiger partial charge in [0.25, 0.3) is 12.1 Å². The van der Waals surface area contributed by atoms with Crippen molar-refractivity contribution in [3.8, 4) is 0 Å². The number of rotatable bonds is 1. The standard InChI is InChI=1S/C5H8N3O/c6-5-3-8(7-9-5)4-1-2-4/h3-4H,1-2,6H2/q+1. The minimum atomic E-state index is 0.391. The molecule has 1 fully saturated rings. The van der Waals surface area contributed by atoms with Gasteiger partial charge in [-0.25, -0.2) is 0 Å². The fraction of sp³-hybridized carbons (Fsp3) is 0.600. The van der Waals surface area contributed by atoms with Crippen molar-refractivity contribution in [3.63, 3.8) is 0 Å². The zero-order valence-corrected chi connectivity index (χ0v) is 4.95. The van der Waals surface area contributed by atoms with Crippen LogP contribution in [0.2, 0.25) is 0 Å². The van der Waals surface area contributed by atoms with Crippen LogP contribution in [0.15, 0.2) is 10.7 Å². The van der Waals surface area contributed by atoms with Crippen LogP contribution in [-0.2, 0) is 0 Å². The molecule has 0 spiro atoms. The molecule has 1 aliphatic carbocycles. The molecule has 0 saturated heterocycles. The third kappa shape index (κ3) is 0.759. The molecule has 2 rings (SSSR count). The molecule has 4 heteroatoms. The van der Waals surface area contributed by atoms with Gasteiger partial charge in [0.1, 0.15) is 0 Å². The first-order valence-electron chi connectivity index (χ1n) is 3.00. The highest BCUT2D eigenvalue weighted by Gasteiger charge is 2.35. The molecule has 0 unspecified atom stereocenters. The largest absolute Gasteiger partial charge is 0.362 e. The Morgan fingerprint density at radius 3 is 3.00 bits per heavy atom. The topological polar surface area (TPSA) is 55.9 Å². The molecule has 0 amide bonds. The van der Waals surface area contributed by atoms with E-state index >= 15 is 0 Å². The van der Waals surface area contributed by atoms with Gasteiger partial charge in [-0.1, -0.05) is 0 Å². The molecule has 0 radical (unpaired) electrons. The van der Waals surface area contributed by atoms with Crippen LogP contribution in [0.3, 0.4) is 0 Å². The fourth-order valence-electron chi connectivity index (χ4n) is 0.783. The maximum atomic E-state index is 5.29. The normalized spacial score (nSPS) is 18.2. The Morgan fingerprint density at radius 1 is 1.78 bits per heavy atom. The maximum Gasteiger partial charge on any atom is 0.293 e. The van der Waals surface area contributed by atoms with Crippen molar-refractivity contribution in [2.75, 3.05) is 5.73 Å². The number of hydrogen-bond donors (Lipinski definition) is 1. The lowest BCUT2D eigenvalue weighted by Crippen LogP contribution is -2.32. The van der Waals surface area contributed by atoms with Gasteiger partial charge in [0.15, 0.2) is 6.04 Å². The third-order valence-electron chi connectivity index (χ3n) is 1.42. The van der Waals surface area contributed by atoms with E-state index in [9.17, 15) is 0 Å². The van der Waals surface area contributed by atoms with E-state index in [0.717, 1.165) is 0 Å². The summed E-state index contributed by atoms with van der Waals surface area (Å²) in [4.78, 5) is 0. The van der Waals surface area contributed by atoms with E-state index < -0.39 is 0 Å². The average molecular weight is 126 g/mol. The molecule has 1 aromatic heterocycles. The summed E-state index contributed by atoms with van der Waals surface area (Å²) in [6, 6.07) is 0.561. The van der Waals surface area contributed by atoms with Crippen LogP contribution in [0.1, 0.15) is 18.9 Å². The molecule has 0 aliphatic heterocycles. The van der Waals surface area contributed by atoms with E-state index in [1.807, 2.05) is 0 Å². The minimum absolute atomic E-state index is 0.391. The molecule has 0 bridgehead atoms. The van der Waals surface area contributed by atoms with Crippen molar-refractivity contribution in [1.29, 1.82) is 0 Å². The lowest BCUT2D eigenvalue weighted by Gasteiger charge is -1.71. The Balaban J connectivity index is 2.28. The molecule has 4 nitrogen and oxygen atoms in total. The number of aromatic nitrogens is 2. The Kier molecular flexibility index (Phi) is 0.777. The van der Waals surface area contributed by atoms with Gasteiger partial charge < -0.3 is 5.73 Å². The maximum absolute atomic E-state index is 5.29. The first-order chi connectivity index (χ1) is 4.36. The highest BCUT2D eigenvalue weighted by molar-refractivity contribution is 5.11. The Hall–Kier alpha value is -1.06. The van der Waals surface area contributed by atoms with Gasteiger partial charge >= 0.3 is 0 Å². The van der Waals surface area contributed by atoms with E-state index in [4.69, 9.17) is 5.73 Å². The molecule has 9 heavy (non-hydrogen) atoms. The van der Waals surface area contributed by atoms with Gasteiger partial charge in [-0.3, -0.25) is 4.52 Å². The molecule has 1 aromatic rings. The number of nitrogen functional groups attached to an aromatic ring is 1.